The Labute approximate surface area is 142 Å². The van der Waals surface area contributed by atoms with Crippen molar-refractivity contribution in [2.45, 2.75) is 44.9 Å². The maximum Gasteiger partial charge on any atom is 0.0423 e. The summed E-state index contributed by atoms with van der Waals surface area (Å²) in [6.07, 6.45) is 2.42. The summed E-state index contributed by atoms with van der Waals surface area (Å²) in [7, 11) is 0. The van der Waals surface area contributed by atoms with Crippen molar-refractivity contribution in [3.63, 3.8) is 0 Å². The van der Waals surface area contributed by atoms with E-state index in [4.69, 9.17) is 0 Å². The van der Waals surface area contributed by atoms with Crippen LogP contribution >= 0.6 is 27.7 Å². The maximum absolute atomic E-state index is 3.63. The van der Waals surface area contributed by atoms with E-state index in [9.17, 15) is 0 Å². The third-order valence-corrected chi connectivity index (χ3v) is 5.83. The number of anilines is 1. The van der Waals surface area contributed by atoms with E-state index in [0.29, 0.717) is 4.75 Å². The Morgan fingerprint density at radius 3 is 2.90 bits per heavy atom. The second-order valence-corrected chi connectivity index (χ2v) is 9.01. The molecule has 0 bridgehead atoms. The highest BCUT2D eigenvalue weighted by atomic mass is 79.9. The van der Waals surface area contributed by atoms with Crippen LogP contribution < -0.4 is 10.2 Å². The molecule has 1 aliphatic rings. The highest BCUT2D eigenvalue weighted by Gasteiger charge is 2.24. The fraction of sp³-hybridized carbons (Fsp3) is 0.647. The lowest BCUT2D eigenvalue weighted by molar-refractivity contribution is 0.633. The molecular formula is C17H27BrN2S. The maximum atomic E-state index is 3.63. The van der Waals surface area contributed by atoms with Crippen LogP contribution in [0.2, 0.25) is 0 Å². The number of benzene rings is 1. The van der Waals surface area contributed by atoms with Gasteiger partial charge in [-0.3, -0.25) is 0 Å². The Morgan fingerprint density at radius 1 is 1.33 bits per heavy atom. The molecule has 1 aliphatic heterocycles. The number of halogens is 1. The van der Waals surface area contributed by atoms with Crippen molar-refractivity contribution in [3.05, 3.63) is 28.2 Å². The lowest BCUT2D eigenvalue weighted by Gasteiger charge is -2.27. The second-order valence-electron chi connectivity index (χ2n) is 6.30. The Morgan fingerprint density at radius 2 is 2.14 bits per heavy atom. The van der Waals surface area contributed by atoms with Crippen LogP contribution in [0.3, 0.4) is 0 Å². The molecule has 0 aliphatic carbocycles. The molecule has 0 saturated carbocycles. The lowest BCUT2D eigenvalue weighted by atomic mass is 10.1. The molecule has 0 unspecified atom stereocenters. The molecule has 21 heavy (non-hydrogen) atoms. The summed E-state index contributed by atoms with van der Waals surface area (Å²) in [4.78, 5) is 2.56. The molecule has 0 spiro atoms. The zero-order valence-electron chi connectivity index (χ0n) is 13.4. The molecule has 1 fully saturated rings. The fourth-order valence-electron chi connectivity index (χ4n) is 2.64. The van der Waals surface area contributed by atoms with Crippen LogP contribution in [0, 0.1) is 0 Å². The third kappa shape index (κ3) is 5.19. The van der Waals surface area contributed by atoms with Gasteiger partial charge in [-0.05, 0) is 37.1 Å². The van der Waals surface area contributed by atoms with Crippen LogP contribution in [0.25, 0.3) is 0 Å². The molecule has 0 aromatic heterocycles. The number of thioether (sulfide) groups is 1. The van der Waals surface area contributed by atoms with Crippen LogP contribution in [0.4, 0.5) is 5.69 Å². The monoisotopic (exact) mass is 370 g/mol. The average Bonchev–Trinajstić information content (AvgIpc) is 2.61. The molecule has 1 N–H and O–H groups in total. The van der Waals surface area contributed by atoms with Crippen LogP contribution in [-0.2, 0) is 6.54 Å². The molecule has 4 heteroatoms. The predicted octanol–water partition coefficient (Wildman–Crippen LogP) is 4.67. The Bertz CT molecular complexity index is 462. The van der Waals surface area contributed by atoms with E-state index in [1.807, 2.05) is 0 Å². The number of hydrogen-bond acceptors (Lipinski definition) is 3. The van der Waals surface area contributed by atoms with Crippen molar-refractivity contribution >= 4 is 33.4 Å². The van der Waals surface area contributed by atoms with Gasteiger partial charge in [0, 0.05) is 40.3 Å². The van der Waals surface area contributed by atoms with Crippen LogP contribution in [-0.4, -0.2) is 30.1 Å². The van der Waals surface area contributed by atoms with Gasteiger partial charge in [-0.15, -0.1) is 0 Å². The molecule has 1 aromatic rings. The minimum Gasteiger partial charge on any atom is -0.370 e. The van der Waals surface area contributed by atoms with Gasteiger partial charge >= 0.3 is 0 Å². The van der Waals surface area contributed by atoms with Gasteiger partial charge in [0.15, 0.2) is 0 Å². The summed E-state index contributed by atoms with van der Waals surface area (Å²) < 4.78 is 1.58. The van der Waals surface area contributed by atoms with Crippen molar-refractivity contribution in [1.82, 2.24) is 5.32 Å². The lowest BCUT2D eigenvalue weighted by Crippen LogP contribution is -2.28. The van der Waals surface area contributed by atoms with E-state index >= 15 is 0 Å². The van der Waals surface area contributed by atoms with Gasteiger partial charge in [-0.25, -0.2) is 0 Å². The van der Waals surface area contributed by atoms with Gasteiger partial charge < -0.3 is 10.2 Å². The molecule has 1 saturated heterocycles. The summed E-state index contributed by atoms with van der Waals surface area (Å²) in [5.74, 6) is 1.21. The van der Waals surface area contributed by atoms with Crippen molar-refractivity contribution in [1.29, 1.82) is 0 Å². The standard InChI is InChI=1S/C17H27BrN2S/c1-4-8-19-13-14-5-6-15(18)12-16(14)20-9-7-17(2,3)21-11-10-20/h5-6,12,19H,4,7-11,13H2,1-3H3. The van der Waals surface area contributed by atoms with E-state index in [-0.39, 0.29) is 0 Å². The molecule has 2 rings (SSSR count). The van der Waals surface area contributed by atoms with E-state index in [0.717, 1.165) is 26.2 Å². The van der Waals surface area contributed by atoms with Gasteiger partial charge in [-0.1, -0.05) is 42.8 Å². The van der Waals surface area contributed by atoms with E-state index in [1.54, 1.807) is 0 Å². The van der Waals surface area contributed by atoms with Gasteiger partial charge in [-0.2, -0.15) is 11.8 Å². The molecule has 0 atom stereocenters. The Kier molecular flexibility index (Phi) is 6.45. The topological polar surface area (TPSA) is 15.3 Å². The zero-order valence-corrected chi connectivity index (χ0v) is 15.8. The van der Waals surface area contributed by atoms with E-state index in [1.165, 1.54) is 34.3 Å². The third-order valence-electron chi connectivity index (χ3n) is 3.97. The Balaban J connectivity index is 2.14. The van der Waals surface area contributed by atoms with Crippen molar-refractivity contribution in [2.75, 3.05) is 30.3 Å². The molecule has 1 heterocycles. The minimum atomic E-state index is 0.404. The molecule has 118 valence electrons. The number of hydrogen-bond donors (Lipinski definition) is 1. The molecule has 0 radical (unpaired) electrons. The molecule has 2 nitrogen and oxygen atoms in total. The first-order chi connectivity index (χ1) is 10.0. The highest BCUT2D eigenvalue weighted by molar-refractivity contribution is 9.10. The normalized spacial score (nSPS) is 18.6. The van der Waals surface area contributed by atoms with Crippen LogP contribution in [0.1, 0.15) is 39.2 Å². The summed E-state index contributed by atoms with van der Waals surface area (Å²) in [5.41, 5.74) is 2.81. The summed E-state index contributed by atoms with van der Waals surface area (Å²) in [6.45, 7) is 11.3. The summed E-state index contributed by atoms with van der Waals surface area (Å²) >= 11 is 5.74. The van der Waals surface area contributed by atoms with Crippen molar-refractivity contribution in [2.24, 2.45) is 0 Å². The number of nitrogens with zero attached hydrogens (tertiary/aromatic N) is 1. The van der Waals surface area contributed by atoms with Crippen LogP contribution in [0.5, 0.6) is 0 Å². The largest absolute Gasteiger partial charge is 0.370 e. The first-order valence-electron chi connectivity index (χ1n) is 7.90. The summed E-state index contributed by atoms with van der Waals surface area (Å²) in [5, 5.41) is 3.53. The smallest absolute Gasteiger partial charge is 0.0423 e. The van der Waals surface area contributed by atoms with Gasteiger partial charge in [0.1, 0.15) is 0 Å². The fourth-order valence-corrected chi connectivity index (χ4v) is 4.09. The van der Waals surface area contributed by atoms with E-state index in [2.05, 4.69) is 76.9 Å². The van der Waals surface area contributed by atoms with E-state index < -0.39 is 0 Å². The molecular weight excluding hydrogens is 344 g/mol. The van der Waals surface area contributed by atoms with Gasteiger partial charge in [0.05, 0.1) is 0 Å². The predicted molar refractivity (Wildman–Crippen MR) is 99.5 cm³/mol. The SMILES string of the molecule is CCCNCc1ccc(Br)cc1N1CCSC(C)(C)CC1. The quantitative estimate of drug-likeness (QED) is 0.758. The number of nitrogens with one attached hydrogen (secondary N) is 1. The summed E-state index contributed by atoms with van der Waals surface area (Å²) in [6, 6.07) is 6.69. The first-order valence-corrected chi connectivity index (χ1v) is 9.68. The Hall–Kier alpha value is -0.190. The average molecular weight is 371 g/mol. The number of rotatable bonds is 5. The minimum absolute atomic E-state index is 0.404. The van der Waals surface area contributed by atoms with Crippen molar-refractivity contribution in [3.8, 4) is 0 Å². The van der Waals surface area contributed by atoms with Gasteiger partial charge in [0.2, 0.25) is 0 Å². The van der Waals surface area contributed by atoms with Gasteiger partial charge in [0.25, 0.3) is 0 Å². The molecule has 0 amide bonds. The van der Waals surface area contributed by atoms with Crippen LogP contribution in [0.15, 0.2) is 22.7 Å². The first kappa shape index (κ1) is 17.2. The highest BCUT2D eigenvalue weighted by Crippen LogP contribution is 2.34. The zero-order chi connectivity index (χ0) is 15.3. The molecule has 1 aromatic carbocycles. The second kappa shape index (κ2) is 7.89. The van der Waals surface area contributed by atoms with Crippen molar-refractivity contribution < 1.29 is 0 Å².